The van der Waals surface area contributed by atoms with Crippen LogP contribution in [0.25, 0.3) is 11.0 Å². The van der Waals surface area contributed by atoms with Gasteiger partial charge in [0.15, 0.2) is 0 Å². The Labute approximate surface area is 135 Å². The minimum absolute atomic E-state index is 0.372. The minimum Gasteiger partial charge on any atom is -0.322 e. The molecular weight excluding hydrogens is 359 g/mol. The maximum atomic E-state index is 6.09. The summed E-state index contributed by atoms with van der Waals surface area (Å²) in [6.07, 6.45) is 0. The summed E-state index contributed by atoms with van der Waals surface area (Å²) in [6.45, 7) is 0.709. The molecule has 0 fully saturated rings. The van der Waals surface area contributed by atoms with Crippen LogP contribution in [-0.2, 0) is 12.4 Å². The fourth-order valence-electron chi connectivity index (χ4n) is 2.22. The first-order valence-corrected chi connectivity index (χ1v) is 7.83. The number of alkyl halides is 1. The number of halogens is 3. The van der Waals surface area contributed by atoms with E-state index in [9.17, 15) is 0 Å². The lowest BCUT2D eigenvalue weighted by atomic mass is 10.2. The number of benzene rings is 2. The topological polar surface area (TPSA) is 17.8 Å². The van der Waals surface area contributed by atoms with E-state index in [4.69, 9.17) is 23.2 Å². The second kappa shape index (κ2) is 5.76. The fourth-order valence-corrected chi connectivity index (χ4v) is 3.00. The highest BCUT2D eigenvalue weighted by molar-refractivity contribution is 9.10. The van der Waals surface area contributed by atoms with Crippen molar-refractivity contribution in [2.75, 3.05) is 0 Å². The summed E-state index contributed by atoms with van der Waals surface area (Å²) < 4.78 is 3.18. The summed E-state index contributed by atoms with van der Waals surface area (Å²) in [4.78, 5) is 4.56. The molecule has 102 valence electrons. The number of aromatic nitrogens is 2. The summed E-state index contributed by atoms with van der Waals surface area (Å²) in [6, 6.07) is 13.8. The van der Waals surface area contributed by atoms with E-state index in [1.54, 1.807) is 0 Å². The zero-order chi connectivity index (χ0) is 14.1. The van der Waals surface area contributed by atoms with E-state index in [0.717, 1.165) is 21.3 Å². The molecule has 0 aliphatic heterocycles. The number of hydrogen-bond donors (Lipinski definition) is 0. The molecule has 5 heteroatoms. The summed E-state index contributed by atoms with van der Waals surface area (Å²) in [5, 5.41) is 0.701. The standard InChI is InChI=1S/C15H11BrCl2N2/c16-12-4-2-1-3-10(12)9-20-14-7-11(18)5-6-13(14)19-15(20)8-17/h1-7H,8-9H2. The van der Waals surface area contributed by atoms with Crippen LogP contribution in [0.2, 0.25) is 5.02 Å². The Hall–Kier alpha value is -1.03. The molecule has 0 unspecified atom stereocenters. The molecule has 1 heterocycles. The number of hydrogen-bond acceptors (Lipinski definition) is 1. The van der Waals surface area contributed by atoms with E-state index < -0.39 is 0 Å². The van der Waals surface area contributed by atoms with Gasteiger partial charge in [-0.1, -0.05) is 45.7 Å². The molecule has 0 saturated heterocycles. The molecule has 20 heavy (non-hydrogen) atoms. The summed E-state index contributed by atoms with van der Waals surface area (Å²) in [7, 11) is 0. The van der Waals surface area contributed by atoms with Gasteiger partial charge >= 0.3 is 0 Å². The molecule has 2 aromatic carbocycles. The first kappa shape index (κ1) is 13.9. The van der Waals surface area contributed by atoms with Crippen LogP contribution in [0.4, 0.5) is 0 Å². The molecule has 2 nitrogen and oxygen atoms in total. The Balaban J connectivity index is 2.14. The zero-order valence-corrected chi connectivity index (χ0v) is 13.6. The zero-order valence-electron chi connectivity index (χ0n) is 10.5. The molecule has 0 aliphatic rings. The van der Waals surface area contributed by atoms with Gasteiger partial charge in [-0.2, -0.15) is 0 Å². The van der Waals surface area contributed by atoms with Gasteiger partial charge in [0.2, 0.25) is 0 Å². The molecule has 0 saturated carbocycles. The molecule has 3 aromatic rings. The number of nitrogens with zero attached hydrogens (tertiary/aromatic N) is 2. The van der Waals surface area contributed by atoms with Crippen molar-refractivity contribution >= 4 is 50.2 Å². The third-order valence-electron chi connectivity index (χ3n) is 3.20. The number of fused-ring (bicyclic) bond motifs is 1. The molecule has 0 spiro atoms. The van der Waals surface area contributed by atoms with Gasteiger partial charge in [0.25, 0.3) is 0 Å². The molecule has 0 N–H and O–H groups in total. The van der Waals surface area contributed by atoms with Crippen LogP contribution in [0.1, 0.15) is 11.4 Å². The first-order chi connectivity index (χ1) is 9.69. The van der Waals surface area contributed by atoms with Crippen LogP contribution in [0.3, 0.4) is 0 Å². The average Bonchev–Trinajstić information content (AvgIpc) is 2.79. The van der Waals surface area contributed by atoms with Crippen LogP contribution in [0.15, 0.2) is 46.9 Å². The summed E-state index contributed by atoms with van der Waals surface area (Å²) in [5.41, 5.74) is 3.10. The van der Waals surface area contributed by atoms with Crippen molar-refractivity contribution < 1.29 is 0 Å². The number of rotatable bonds is 3. The van der Waals surface area contributed by atoms with Crippen molar-refractivity contribution in [2.24, 2.45) is 0 Å². The predicted octanol–water partition coefficient (Wildman–Crippen LogP) is 5.24. The van der Waals surface area contributed by atoms with Gasteiger partial charge in [0, 0.05) is 9.50 Å². The van der Waals surface area contributed by atoms with Gasteiger partial charge in [0.05, 0.1) is 23.5 Å². The highest BCUT2D eigenvalue weighted by atomic mass is 79.9. The van der Waals surface area contributed by atoms with Gasteiger partial charge in [-0.25, -0.2) is 4.98 Å². The lowest BCUT2D eigenvalue weighted by Gasteiger charge is -2.09. The normalized spacial score (nSPS) is 11.2. The first-order valence-electron chi connectivity index (χ1n) is 6.13. The van der Waals surface area contributed by atoms with Crippen molar-refractivity contribution in [1.29, 1.82) is 0 Å². The second-order valence-corrected chi connectivity index (χ2v) is 6.03. The average molecular weight is 370 g/mol. The lowest BCUT2D eigenvalue weighted by molar-refractivity contribution is 0.776. The van der Waals surface area contributed by atoms with Crippen LogP contribution in [0, 0.1) is 0 Å². The highest BCUT2D eigenvalue weighted by Gasteiger charge is 2.11. The molecule has 1 aromatic heterocycles. The monoisotopic (exact) mass is 368 g/mol. The Morgan fingerprint density at radius 3 is 2.70 bits per heavy atom. The maximum absolute atomic E-state index is 6.09. The Bertz CT molecular complexity index is 768. The quantitative estimate of drug-likeness (QED) is 0.577. The Kier molecular flexibility index (Phi) is 4.01. The smallest absolute Gasteiger partial charge is 0.125 e. The lowest BCUT2D eigenvalue weighted by Crippen LogP contribution is -2.04. The van der Waals surface area contributed by atoms with Crippen LogP contribution < -0.4 is 0 Å². The Morgan fingerprint density at radius 2 is 1.95 bits per heavy atom. The van der Waals surface area contributed by atoms with E-state index in [2.05, 4.69) is 31.5 Å². The van der Waals surface area contributed by atoms with E-state index in [-0.39, 0.29) is 0 Å². The van der Waals surface area contributed by atoms with Crippen molar-refractivity contribution in [2.45, 2.75) is 12.4 Å². The largest absolute Gasteiger partial charge is 0.322 e. The third-order valence-corrected chi connectivity index (χ3v) is 4.44. The van der Waals surface area contributed by atoms with Crippen molar-refractivity contribution in [3.63, 3.8) is 0 Å². The molecule has 0 atom stereocenters. The Morgan fingerprint density at radius 1 is 1.15 bits per heavy atom. The van der Waals surface area contributed by atoms with Gasteiger partial charge in [-0.15, -0.1) is 11.6 Å². The van der Waals surface area contributed by atoms with Crippen LogP contribution in [-0.4, -0.2) is 9.55 Å². The van der Waals surface area contributed by atoms with Gasteiger partial charge in [-0.05, 0) is 29.8 Å². The van der Waals surface area contributed by atoms with Crippen molar-refractivity contribution in [3.05, 3.63) is 63.3 Å². The van der Waals surface area contributed by atoms with E-state index in [1.807, 2.05) is 36.4 Å². The van der Waals surface area contributed by atoms with Crippen molar-refractivity contribution in [1.82, 2.24) is 9.55 Å². The molecule has 0 bridgehead atoms. The molecule has 3 rings (SSSR count). The SMILES string of the molecule is ClCc1nc2ccc(Cl)cc2n1Cc1ccccc1Br. The van der Waals surface area contributed by atoms with Crippen molar-refractivity contribution in [3.8, 4) is 0 Å². The second-order valence-electron chi connectivity index (χ2n) is 4.47. The molecule has 0 amide bonds. The van der Waals surface area contributed by atoms with E-state index in [0.29, 0.717) is 17.4 Å². The predicted molar refractivity (Wildman–Crippen MR) is 87.5 cm³/mol. The highest BCUT2D eigenvalue weighted by Crippen LogP contribution is 2.25. The summed E-state index contributed by atoms with van der Waals surface area (Å²) >= 11 is 15.7. The maximum Gasteiger partial charge on any atom is 0.125 e. The van der Waals surface area contributed by atoms with Crippen LogP contribution in [0.5, 0.6) is 0 Å². The van der Waals surface area contributed by atoms with Gasteiger partial charge < -0.3 is 4.57 Å². The third kappa shape index (κ3) is 2.58. The fraction of sp³-hybridized carbons (Fsp3) is 0.133. The van der Waals surface area contributed by atoms with E-state index >= 15 is 0 Å². The molecular formula is C15H11BrCl2N2. The number of imidazole rings is 1. The molecule has 0 radical (unpaired) electrons. The van der Waals surface area contributed by atoms with Gasteiger partial charge in [-0.3, -0.25) is 0 Å². The van der Waals surface area contributed by atoms with E-state index in [1.165, 1.54) is 5.56 Å². The van der Waals surface area contributed by atoms with Gasteiger partial charge in [0.1, 0.15) is 5.82 Å². The summed E-state index contributed by atoms with van der Waals surface area (Å²) in [5.74, 6) is 1.22. The molecule has 0 aliphatic carbocycles. The van der Waals surface area contributed by atoms with Crippen LogP contribution >= 0.6 is 39.1 Å². The minimum atomic E-state index is 0.372.